The normalized spacial score (nSPS) is 10.6. The summed E-state index contributed by atoms with van der Waals surface area (Å²) in [5, 5.41) is 5.96. The van der Waals surface area contributed by atoms with Crippen molar-refractivity contribution < 1.29 is 4.79 Å². The van der Waals surface area contributed by atoms with Crippen molar-refractivity contribution >= 4 is 34.1 Å². The van der Waals surface area contributed by atoms with E-state index in [9.17, 15) is 4.79 Å². The van der Waals surface area contributed by atoms with Crippen molar-refractivity contribution in [1.82, 2.24) is 15.0 Å². The Kier molecular flexibility index (Phi) is 5.22. The Hall–Kier alpha value is -2.25. The van der Waals surface area contributed by atoms with Crippen LogP contribution in [0.1, 0.15) is 11.3 Å². The summed E-state index contributed by atoms with van der Waals surface area (Å²) in [5.41, 5.74) is 4.00. The van der Waals surface area contributed by atoms with Crippen molar-refractivity contribution in [3.63, 3.8) is 0 Å². The number of hydrogen-bond donors (Lipinski definition) is 1. The first-order chi connectivity index (χ1) is 11.6. The van der Waals surface area contributed by atoms with Crippen LogP contribution in [0.3, 0.4) is 0 Å². The fraction of sp³-hybridized carbons (Fsp3) is 0.176. The van der Waals surface area contributed by atoms with E-state index < -0.39 is 0 Å². The van der Waals surface area contributed by atoms with Gasteiger partial charge >= 0.3 is 0 Å². The maximum absolute atomic E-state index is 12.0. The van der Waals surface area contributed by atoms with Gasteiger partial charge in [-0.2, -0.15) is 0 Å². The zero-order valence-corrected chi connectivity index (χ0v) is 14.9. The predicted octanol–water partition coefficient (Wildman–Crippen LogP) is 3.95. The van der Waals surface area contributed by atoms with Gasteiger partial charge in [-0.05, 0) is 19.9 Å². The summed E-state index contributed by atoms with van der Waals surface area (Å²) >= 11 is 2.73. The van der Waals surface area contributed by atoms with Gasteiger partial charge in [0.2, 0.25) is 5.91 Å². The second-order valence-electron chi connectivity index (χ2n) is 5.22. The zero-order chi connectivity index (χ0) is 16.9. The van der Waals surface area contributed by atoms with Gasteiger partial charge in [0.25, 0.3) is 0 Å². The molecule has 2 heterocycles. The number of anilines is 1. The monoisotopic (exact) mass is 356 g/mol. The Balaban J connectivity index is 1.58. The molecule has 122 valence electrons. The lowest BCUT2D eigenvalue weighted by Crippen LogP contribution is -2.14. The van der Waals surface area contributed by atoms with E-state index in [1.165, 1.54) is 28.7 Å². The lowest BCUT2D eigenvalue weighted by Gasteiger charge is -2.02. The molecule has 0 unspecified atom stereocenters. The molecule has 0 saturated carbocycles. The molecule has 0 radical (unpaired) electrons. The van der Waals surface area contributed by atoms with Crippen LogP contribution in [0.2, 0.25) is 0 Å². The largest absolute Gasteiger partial charge is 0.301 e. The van der Waals surface area contributed by atoms with E-state index in [0.29, 0.717) is 10.3 Å². The number of amides is 1. The van der Waals surface area contributed by atoms with Gasteiger partial charge in [0.15, 0.2) is 10.3 Å². The van der Waals surface area contributed by atoms with E-state index in [-0.39, 0.29) is 11.7 Å². The maximum atomic E-state index is 12.0. The third-order valence-corrected chi connectivity index (χ3v) is 4.82. The van der Waals surface area contributed by atoms with Crippen molar-refractivity contribution in [3.05, 3.63) is 53.2 Å². The Labute approximate surface area is 148 Å². The Morgan fingerprint density at radius 3 is 2.71 bits per heavy atom. The molecule has 0 aliphatic rings. The molecule has 0 bridgehead atoms. The topological polar surface area (TPSA) is 67.8 Å². The number of thiazole rings is 1. The van der Waals surface area contributed by atoms with E-state index in [0.717, 1.165) is 17.0 Å². The molecule has 0 aliphatic heterocycles. The molecule has 1 aromatic carbocycles. The fourth-order valence-corrected chi connectivity index (χ4v) is 3.38. The predicted molar refractivity (Wildman–Crippen MR) is 98.4 cm³/mol. The Morgan fingerprint density at radius 2 is 1.96 bits per heavy atom. The van der Waals surface area contributed by atoms with Crippen LogP contribution in [-0.4, -0.2) is 26.6 Å². The summed E-state index contributed by atoms with van der Waals surface area (Å²) in [7, 11) is 0. The average molecular weight is 356 g/mol. The second kappa shape index (κ2) is 7.55. The standard InChI is InChI=1S/C17H16N4OS2/c1-11-3-5-13(6-4-11)14-9-23-17(20-14)21-15(22)10-24-16-18-8-7-12(2)19-16/h3-9H,10H2,1-2H3,(H,20,21,22). The second-order valence-corrected chi connectivity index (χ2v) is 7.02. The van der Waals surface area contributed by atoms with Gasteiger partial charge in [0, 0.05) is 22.8 Å². The van der Waals surface area contributed by atoms with Gasteiger partial charge in [0.05, 0.1) is 11.4 Å². The summed E-state index contributed by atoms with van der Waals surface area (Å²) in [5.74, 6) is 0.137. The third kappa shape index (κ3) is 4.39. The number of nitrogens with one attached hydrogen (secondary N) is 1. The minimum absolute atomic E-state index is 0.116. The quantitative estimate of drug-likeness (QED) is 0.554. The molecule has 0 atom stereocenters. The summed E-state index contributed by atoms with van der Waals surface area (Å²) in [4.78, 5) is 24.9. The molecule has 2 aromatic heterocycles. The van der Waals surface area contributed by atoms with Gasteiger partial charge < -0.3 is 5.32 Å². The summed E-state index contributed by atoms with van der Waals surface area (Å²) in [6.45, 7) is 3.94. The first kappa shape index (κ1) is 16.6. The van der Waals surface area contributed by atoms with Gasteiger partial charge in [-0.3, -0.25) is 4.79 Å². The number of carbonyl (C=O) groups excluding carboxylic acids is 1. The molecule has 0 spiro atoms. The zero-order valence-electron chi connectivity index (χ0n) is 13.3. The van der Waals surface area contributed by atoms with Crippen molar-refractivity contribution in [2.75, 3.05) is 11.1 Å². The minimum atomic E-state index is -0.116. The highest BCUT2D eigenvalue weighted by Gasteiger charge is 2.09. The molecule has 1 N–H and O–H groups in total. The van der Waals surface area contributed by atoms with Crippen LogP contribution < -0.4 is 5.32 Å². The number of benzene rings is 1. The average Bonchev–Trinajstić information content (AvgIpc) is 3.02. The summed E-state index contributed by atoms with van der Waals surface area (Å²) < 4.78 is 0. The van der Waals surface area contributed by atoms with E-state index in [1.807, 2.05) is 49.6 Å². The summed E-state index contributed by atoms with van der Waals surface area (Å²) in [6.07, 6.45) is 1.69. The van der Waals surface area contributed by atoms with Crippen LogP contribution in [0.25, 0.3) is 11.3 Å². The molecule has 3 aromatic rings. The molecule has 24 heavy (non-hydrogen) atoms. The lowest BCUT2D eigenvalue weighted by atomic mass is 10.1. The van der Waals surface area contributed by atoms with Gasteiger partial charge in [0.1, 0.15) is 0 Å². The number of aromatic nitrogens is 3. The van der Waals surface area contributed by atoms with Crippen molar-refractivity contribution in [1.29, 1.82) is 0 Å². The first-order valence-electron chi connectivity index (χ1n) is 7.35. The number of nitrogens with zero attached hydrogens (tertiary/aromatic N) is 3. The van der Waals surface area contributed by atoms with Gasteiger partial charge in [-0.25, -0.2) is 15.0 Å². The number of thioether (sulfide) groups is 1. The van der Waals surface area contributed by atoms with Crippen LogP contribution in [0.15, 0.2) is 47.1 Å². The van der Waals surface area contributed by atoms with Crippen molar-refractivity contribution in [2.24, 2.45) is 0 Å². The van der Waals surface area contributed by atoms with Crippen LogP contribution >= 0.6 is 23.1 Å². The van der Waals surface area contributed by atoms with Crippen LogP contribution in [-0.2, 0) is 4.79 Å². The smallest absolute Gasteiger partial charge is 0.236 e. The number of rotatable bonds is 5. The molecule has 0 aliphatic carbocycles. The highest BCUT2D eigenvalue weighted by atomic mass is 32.2. The highest BCUT2D eigenvalue weighted by molar-refractivity contribution is 7.99. The van der Waals surface area contributed by atoms with Crippen LogP contribution in [0.5, 0.6) is 0 Å². The highest BCUT2D eigenvalue weighted by Crippen LogP contribution is 2.25. The SMILES string of the molecule is Cc1ccc(-c2csc(NC(=O)CSc3nccc(C)n3)n2)cc1. The number of aryl methyl sites for hydroxylation is 2. The molecule has 0 fully saturated rings. The fourth-order valence-electron chi connectivity index (χ4n) is 1.97. The lowest BCUT2D eigenvalue weighted by molar-refractivity contribution is -0.113. The van der Waals surface area contributed by atoms with Gasteiger partial charge in [-0.15, -0.1) is 11.3 Å². The van der Waals surface area contributed by atoms with Crippen molar-refractivity contribution in [2.45, 2.75) is 19.0 Å². The minimum Gasteiger partial charge on any atom is -0.301 e. The van der Waals surface area contributed by atoms with Crippen LogP contribution in [0.4, 0.5) is 5.13 Å². The molecule has 5 nitrogen and oxygen atoms in total. The molecule has 7 heteroatoms. The van der Waals surface area contributed by atoms with Gasteiger partial charge in [-0.1, -0.05) is 41.6 Å². The van der Waals surface area contributed by atoms with E-state index in [2.05, 4.69) is 20.3 Å². The Morgan fingerprint density at radius 1 is 1.17 bits per heavy atom. The molecule has 3 rings (SSSR count). The summed E-state index contributed by atoms with van der Waals surface area (Å²) in [6, 6.07) is 9.98. The van der Waals surface area contributed by atoms with E-state index in [4.69, 9.17) is 0 Å². The first-order valence-corrected chi connectivity index (χ1v) is 9.21. The van der Waals surface area contributed by atoms with E-state index in [1.54, 1.807) is 6.20 Å². The number of hydrogen-bond acceptors (Lipinski definition) is 6. The van der Waals surface area contributed by atoms with Crippen molar-refractivity contribution in [3.8, 4) is 11.3 Å². The number of carbonyl (C=O) groups is 1. The Bertz CT molecular complexity index is 846. The van der Waals surface area contributed by atoms with Crippen LogP contribution in [0, 0.1) is 13.8 Å². The molecule has 0 saturated heterocycles. The maximum Gasteiger partial charge on any atom is 0.236 e. The molecular formula is C17H16N4OS2. The molecular weight excluding hydrogens is 340 g/mol. The molecule has 1 amide bonds. The van der Waals surface area contributed by atoms with E-state index >= 15 is 0 Å². The third-order valence-electron chi connectivity index (χ3n) is 3.20.